The second-order valence-electron chi connectivity index (χ2n) is 3.19. The molecule has 1 aromatic carbocycles. The largest absolute Gasteiger partial charge is 0.344 e. The van der Waals surface area contributed by atoms with Gasteiger partial charge in [0.05, 0.1) is 0 Å². The molecule has 0 bridgehead atoms. The Morgan fingerprint density at radius 2 is 2.08 bits per heavy atom. The maximum absolute atomic E-state index is 5.74. The number of hydrogen-bond donors (Lipinski definition) is 0. The topological polar surface area (TPSA) is 4.93 Å². The molecule has 1 nitrogen and oxygen atoms in total. The Bertz CT molecular complexity index is 417. The summed E-state index contributed by atoms with van der Waals surface area (Å²) in [6, 6.07) is 10.6. The van der Waals surface area contributed by atoms with Crippen LogP contribution in [0.2, 0.25) is 0 Å². The summed E-state index contributed by atoms with van der Waals surface area (Å²) in [5.74, 6) is 0.666. The normalized spacial score (nSPS) is 10.9. The first-order valence-corrected chi connectivity index (χ1v) is 4.97. The maximum Gasteiger partial charge on any atom is 0.0482 e. The van der Waals surface area contributed by atoms with E-state index in [1.165, 1.54) is 16.6 Å². The first kappa shape index (κ1) is 8.64. The average molecular weight is 194 g/mol. The molecule has 1 aromatic heterocycles. The van der Waals surface area contributed by atoms with Crippen LogP contribution >= 0.6 is 11.6 Å². The number of halogens is 1. The molecule has 1 heterocycles. The molecule has 2 heteroatoms. The van der Waals surface area contributed by atoms with Crippen LogP contribution in [0.1, 0.15) is 5.69 Å². The number of alkyl halides is 1. The highest BCUT2D eigenvalue weighted by Crippen LogP contribution is 2.18. The van der Waals surface area contributed by atoms with E-state index in [1.54, 1.807) is 0 Å². The van der Waals surface area contributed by atoms with E-state index in [0.29, 0.717) is 5.88 Å². The summed E-state index contributed by atoms with van der Waals surface area (Å²) < 4.78 is 2.25. The van der Waals surface area contributed by atoms with E-state index in [4.69, 9.17) is 11.6 Å². The molecular weight excluding hydrogens is 182 g/mol. The van der Waals surface area contributed by atoms with Gasteiger partial charge in [-0.2, -0.15) is 0 Å². The Morgan fingerprint density at radius 3 is 2.85 bits per heavy atom. The highest BCUT2D eigenvalue weighted by Gasteiger charge is 2.02. The summed E-state index contributed by atoms with van der Waals surface area (Å²) in [5.41, 5.74) is 2.56. The van der Waals surface area contributed by atoms with Crippen molar-refractivity contribution in [3.63, 3.8) is 0 Å². The quantitative estimate of drug-likeness (QED) is 0.646. The third kappa shape index (κ3) is 1.44. The van der Waals surface area contributed by atoms with Crippen molar-refractivity contribution in [2.45, 2.75) is 13.5 Å². The summed E-state index contributed by atoms with van der Waals surface area (Å²) >= 11 is 5.74. The smallest absolute Gasteiger partial charge is 0.0482 e. The molecule has 0 N–H and O–H groups in total. The Labute approximate surface area is 82.9 Å². The minimum absolute atomic E-state index is 0.666. The predicted octanol–water partition coefficient (Wildman–Crippen LogP) is 3.19. The van der Waals surface area contributed by atoms with Crippen molar-refractivity contribution in [1.82, 2.24) is 4.57 Å². The van der Waals surface area contributed by atoms with Gasteiger partial charge in [-0.1, -0.05) is 18.2 Å². The average Bonchev–Trinajstić information content (AvgIpc) is 2.44. The van der Waals surface area contributed by atoms with Crippen LogP contribution in [0.4, 0.5) is 0 Å². The highest BCUT2D eigenvalue weighted by molar-refractivity contribution is 6.17. The molecule has 0 aliphatic rings. The Morgan fingerprint density at radius 1 is 1.31 bits per heavy atom. The monoisotopic (exact) mass is 193 g/mol. The summed E-state index contributed by atoms with van der Waals surface area (Å²) in [6.07, 6.45) is 0. The third-order valence-electron chi connectivity index (χ3n) is 2.33. The number of benzene rings is 1. The second kappa shape index (κ2) is 3.43. The lowest BCUT2D eigenvalue weighted by molar-refractivity contribution is 0.775. The molecule has 0 unspecified atom stereocenters. The van der Waals surface area contributed by atoms with Crippen molar-refractivity contribution in [3.8, 4) is 0 Å². The van der Waals surface area contributed by atoms with Crippen LogP contribution in [-0.2, 0) is 6.54 Å². The Hall–Kier alpha value is -0.950. The lowest BCUT2D eigenvalue weighted by Crippen LogP contribution is -2.00. The number of hydrogen-bond acceptors (Lipinski definition) is 0. The molecular formula is C11H12ClN. The molecule has 2 aromatic rings. The van der Waals surface area contributed by atoms with Gasteiger partial charge in [-0.15, -0.1) is 11.6 Å². The van der Waals surface area contributed by atoms with Gasteiger partial charge in [-0.05, 0) is 24.4 Å². The molecule has 0 saturated heterocycles. The van der Waals surface area contributed by atoms with Gasteiger partial charge in [-0.3, -0.25) is 0 Å². The van der Waals surface area contributed by atoms with Crippen LogP contribution in [0.25, 0.3) is 10.9 Å². The lowest BCUT2D eigenvalue weighted by Gasteiger charge is -2.04. The number of para-hydroxylation sites is 1. The van der Waals surface area contributed by atoms with Gasteiger partial charge in [0.25, 0.3) is 0 Å². The zero-order chi connectivity index (χ0) is 9.26. The number of rotatable bonds is 2. The first-order chi connectivity index (χ1) is 6.33. The third-order valence-corrected chi connectivity index (χ3v) is 2.49. The van der Waals surface area contributed by atoms with Crippen LogP contribution < -0.4 is 0 Å². The van der Waals surface area contributed by atoms with E-state index in [0.717, 1.165) is 6.54 Å². The van der Waals surface area contributed by atoms with Crippen molar-refractivity contribution in [1.29, 1.82) is 0 Å². The summed E-state index contributed by atoms with van der Waals surface area (Å²) in [6.45, 7) is 3.01. The van der Waals surface area contributed by atoms with E-state index in [2.05, 4.69) is 41.8 Å². The van der Waals surface area contributed by atoms with Gasteiger partial charge in [0, 0.05) is 23.6 Å². The maximum atomic E-state index is 5.74. The van der Waals surface area contributed by atoms with Crippen LogP contribution in [0.5, 0.6) is 0 Å². The van der Waals surface area contributed by atoms with Gasteiger partial charge >= 0.3 is 0 Å². The van der Waals surface area contributed by atoms with Crippen LogP contribution in [0, 0.1) is 6.92 Å². The van der Waals surface area contributed by atoms with E-state index in [1.807, 2.05) is 0 Å². The van der Waals surface area contributed by atoms with E-state index in [9.17, 15) is 0 Å². The van der Waals surface area contributed by atoms with Crippen LogP contribution in [0.15, 0.2) is 30.3 Å². The van der Waals surface area contributed by atoms with Gasteiger partial charge in [-0.25, -0.2) is 0 Å². The first-order valence-electron chi connectivity index (χ1n) is 4.44. The fourth-order valence-corrected chi connectivity index (χ4v) is 1.90. The van der Waals surface area contributed by atoms with Crippen LogP contribution in [0.3, 0.4) is 0 Å². The van der Waals surface area contributed by atoms with Crippen molar-refractivity contribution < 1.29 is 0 Å². The number of aryl methyl sites for hydroxylation is 2. The standard InChI is InChI=1S/C11H12ClN/c1-9-8-10-4-2-3-5-11(10)13(9)7-6-12/h2-5,8H,6-7H2,1H3. The molecule has 0 saturated carbocycles. The number of fused-ring (bicyclic) bond motifs is 1. The fourth-order valence-electron chi connectivity index (χ4n) is 1.73. The molecule has 0 radical (unpaired) electrons. The zero-order valence-corrected chi connectivity index (χ0v) is 8.38. The van der Waals surface area contributed by atoms with Crippen molar-refractivity contribution in [3.05, 3.63) is 36.0 Å². The molecule has 0 aliphatic carbocycles. The molecule has 13 heavy (non-hydrogen) atoms. The minimum Gasteiger partial charge on any atom is -0.344 e. The lowest BCUT2D eigenvalue weighted by atomic mass is 10.2. The SMILES string of the molecule is Cc1cc2ccccc2n1CCCl. The zero-order valence-electron chi connectivity index (χ0n) is 7.63. The second-order valence-corrected chi connectivity index (χ2v) is 3.56. The minimum atomic E-state index is 0.666. The van der Waals surface area contributed by atoms with Crippen LogP contribution in [-0.4, -0.2) is 10.4 Å². The molecule has 0 amide bonds. The van der Waals surface area contributed by atoms with Gasteiger partial charge in [0.2, 0.25) is 0 Å². The summed E-state index contributed by atoms with van der Waals surface area (Å²) in [5, 5.41) is 1.30. The number of nitrogens with zero attached hydrogens (tertiary/aromatic N) is 1. The number of aromatic nitrogens is 1. The van der Waals surface area contributed by atoms with Crippen molar-refractivity contribution >= 4 is 22.5 Å². The predicted molar refractivity (Wildman–Crippen MR) is 57.4 cm³/mol. The van der Waals surface area contributed by atoms with Crippen molar-refractivity contribution in [2.75, 3.05) is 5.88 Å². The van der Waals surface area contributed by atoms with Gasteiger partial charge in [0.15, 0.2) is 0 Å². The summed E-state index contributed by atoms with van der Waals surface area (Å²) in [7, 11) is 0. The molecule has 0 aliphatic heterocycles. The van der Waals surface area contributed by atoms with Crippen molar-refractivity contribution in [2.24, 2.45) is 0 Å². The molecule has 0 spiro atoms. The summed E-state index contributed by atoms with van der Waals surface area (Å²) in [4.78, 5) is 0. The highest BCUT2D eigenvalue weighted by atomic mass is 35.5. The van der Waals surface area contributed by atoms with Gasteiger partial charge < -0.3 is 4.57 Å². The molecule has 2 rings (SSSR count). The Kier molecular flexibility index (Phi) is 2.28. The molecule has 68 valence electrons. The van der Waals surface area contributed by atoms with E-state index in [-0.39, 0.29) is 0 Å². The molecule has 0 atom stereocenters. The van der Waals surface area contributed by atoms with E-state index >= 15 is 0 Å². The molecule has 0 fully saturated rings. The fraction of sp³-hybridized carbons (Fsp3) is 0.273. The van der Waals surface area contributed by atoms with E-state index < -0.39 is 0 Å². The van der Waals surface area contributed by atoms with Gasteiger partial charge in [0.1, 0.15) is 0 Å². The Balaban J connectivity index is 2.64.